The van der Waals surface area contributed by atoms with E-state index in [-0.39, 0.29) is 12.8 Å². The predicted molar refractivity (Wildman–Crippen MR) is 148 cm³/mol. The molecule has 1 fully saturated rings. The summed E-state index contributed by atoms with van der Waals surface area (Å²) in [6.07, 6.45) is 3.16. The molecule has 0 N–H and O–H groups in total. The number of halogens is 2. The summed E-state index contributed by atoms with van der Waals surface area (Å²) in [5.74, 6) is 0.911. The summed E-state index contributed by atoms with van der Waals surface area (Å²) in [7, 11) is 0. The van der Waals surface area contributed by atoms with E-state index in [1.165, 1.54) is 0 Å². The Bertz CT molecular complexity index is 1190. The third-order valence-corrected chi connectivity index (χ3v) is 7.11. The van der Waals surface area contributed by atoms with Gasteiger partial charge in [-0.3, -0.25) is 9.69 Å². The van der Waals surface area contributed by atoms with Gasteiger partial charge >= 0.3 is 5.97 Å². The number of carbonyl (C=O) groups excluding carboxylic acids is 1. The van der Waals surface area contributed by atoms with Crippen LogP contribution >= 0.6 is 23.2 Å². The van der Waals surface area contributed by atoms with Crippen molar-refractivity contribution in [2.24, 2.45) is 0 Å². The smallest absolute Gasteiger partial charge is 0.308 e. The first-order valence-electron chi connectivity index (χ1n) is 12.8. The second-order valence-corrected chi connectivity index (χ2v) is 9.77. The van der Waals surface area contributed by atoms with E-state index in [1.54, 1.807) is 6.07 Å². The number of rotatable bonds is 12. The maximum atomic E-state index is 11.5. The summed E-state index contributed by atoms with van der Waals surface area (Å²) in [5, 5.41) is 2.22. The highest BCUT2D eigenvalue weighted by Gasteiger charge is 2.19. The van der Waals surface area contributed by atoms with Crippen LogP contribution < -0.4 is 14.4 Å². The van der Waals surface area contributed by atoms with Crippen LogP contribution in [0.4, 0.5) is 5.69 Å². The van der Waals surface area contributed by atoms with Crippen LogP contribution in [0.3, 0.4) is 0 Å². The lowest BCUT2D eigenvalue weighted by Crippen LogP contribution is -2.46. The minimum atomic E-state index is -0.274. The maximum absolute atomic E-state index is 11.5. The third-order valence-electron chi connectivity index (χ3n) is 6.30. The standard InChI is InChI=1S/C28H33Cl2N3O4/c1-2-6-27(34)37-20-36-26-12-10-21-9-11-22(19-24(21)31-26)35-18-4-3-13-32-14-16-33(17-15-32)25-8-5-7-23(29)28(25)30/h5,7-12,19H,2-4,6,13-18,20H2,1H3. The molecule has 2 aromatic carbocycles. The van der Waals surface area contributed by atoms with Gasteiger partial charge in [0.2, 0.25) is 12.7 Å². The summed E-state index contributed by atoms with van der Waals surface area (Å²) in [4.78, 5) is 20.8. The van der Waals surface area contributed by atoms with Crippen LogP contribution in [-0.4, -0.2) is 62.0 Å². The molecule has 0 unspecified atom stereocenters. The van der Waals surface area contributed by atoms with Gasteiger partial charge in [-0.1, -0.05) is 36.2 Å². The lowest BCUT2D eigenvalue weighted by Gasteiger charge is -2.36. The van der Waals surface area contributed by atoms with Gasteiger partial charge in [-0.25, -0.2) is 4.98 Å². The minimum absolute atomic E-state index is 0.142. The molecule has 0 aliphatic carbocycles. The molecule has 1 aromatic heterocycles. The topological polar surface area (TPSA) is 64.1 Å². The number of nitrogens with zero attached hydrogens (tertiary/aromatic N) is 3. The Labute approximate surface area is 228 Å². The van der Waals surface area contributed by atoms with Gasteiger partial charge < -0.3 is 19.1 Å². The van der Waals surface area contributed by atoms with Crippen LogP contribution in [0.2, 0.25) is 10.0 Å². The molecule has 1 aliphatic rings. The number of carbonyl (C=O) groups is 1. The summed E-state index contributed by atoms with van der Waals surface area (Å²) in [6.45, 7) is 7.36. The minimum Gasteiger partial charge on any atom is -0.494 e. The third kappa shape index (κ3) is 7.87. The average Bonchev–Trinajstić information content (AvgIpc) is 2.90. The van der Waals surface area contributed by atoms with Gasteiger partial charge in [0, 0.05) is 50.1 Å². The first kappa shape index (κ1) is 27.3. The molecule has 1 saturated heterocycles. The van der Waals surface area contributed by atoms with Gasteiger partial charge in [0.1, 0.15) is 5.75 Å². The summed E-state index contributed by atoms with van der Waals surface area (Å²) >= 11 is 12.6. The highest BCUT2D eigenvalue weighted by atomic mass is 35.5. The lowest BCUT2D eigenvalue weighted by molar-refractivity contribution is -0.150. The SMILES string of the molecule is CCCC(=O)OCOc1ccc2ccc(OCCCCN3CCN(c4cccc(Cl)c4Cl)CC3)cc2n1. The van der Waals surface area contributed by atoms with Crippen molar-refractivity contribution < 1.29 is 19.0 Å². The van der Waals surface area contributed by atoms with Crippen molar-refractivity contribution in [3.05, 3.63) is 58.6 Å². The zero-order valence-electron chi connectivity index (χ0n) is 21.1. The molecular weight excluding hydrogens is 513 g/mol. The Morgan fingerprint density at radius 2 is 1.81 bits per heavy atom. The number of esters is 1. The maximum Gasteiger partial charge on any atom is 0.308 e. The summed E-state index contributed by atoms with van der Waals surface area (Å²) in [5.41, 5.74) is 1.79. The average molecular weight is 546 g/mol. The van der Waals surface area contributed by atoms with E-state index in [9.17, 15) is 4.79 Å². The molecular formula is C28H33Cl2N3O4. The Balaban J connectivity index is 1.16. The molecule has 4 rings (SSSR count). The van der Waals surface area contributed by atoms with E-state index >= 15 is 0 Å². The molecule has 2 heterocycles. The van der Waals surface area contributed by atoms with E-state index in [1.807, 2.05) is 49.4 Å². The largest absolute Gasteiger partial charge is 0.494 e. The van der Waals surface area contributed by atoms with Gasteiger partial charge in [0.05, 0.1) is 27.9 Å². The number of aromatic nitrogens is 1. The lowest BCUT2D eigenvalue weighted by atomic mass is 10.2. The number of hydrogen-bond donors (Lipinski definition) is 0. The van der Waals surface area contributed by atoms with Crippen LogP contribution in [0.5, 0.6) is 11.6 Å². The van der Waals surface area contributed by atoms with Crippen molar-refractivity contribution in [2.45, 2.75) is 32.6 Å². The molecule has 37 heavy (non-hydrogen) atoms. The second-order valence-electron chi connectivity index (χ2n) is 8.99. The van der Waals surface area contributed by atoms with Crippen molar-refractivity contribution in [3.8, 4) is 11.6 Å². The molecule has 0 atom stereocenters. The van der Waals surface area contributed by atoms with Gasteiger partial charge in [-0.15, -0.1) is 0 Å². The number of ether oxygens (including phenoxy) is 3. The molecule has 0 radical (unpaired) electrons. The van der Waals surface area contributed by atoms with Crippen LogP contribution in [0.25, 0.3) is 10.9 Å². The molecule has 0 saturated carbocycles. The summed E-state index contributed by atoms with van der Waals surface area (Å²) < 4.78 is 16.5. The Hall–Kier alpha value is -2.74. The Morgan fingerprint density at radius 1 is 1.00 bits per heavy atom. The van der Waals surface area contributed by atoms with Crippen LogP contribution in [-0.2, 0) is 9.53 Å². The molecule has 1 aliphatic heterocycles. The number of anilines is 1. The highest BCUT2D eigenvalue weighted by Crippen LogP contribution is 2.33. The van der Waals surface area contributed by atoms with Gasteiger partial charge in [0.25, 0.3) is 0 Å². The monoisotopic (exact) mass is 545 g/mol. The first-order valence-corrected chi connectivity index (χ1v) is 13.5. The van der Waals surface area contributed by atoms with Gasteiger partial charge in [0.15, 0.2) is 0 Å². The predicted octanol–water partition coefficient (Wildman–Crippen LogP) is 6.20. The van der Waals surface area contributed by atoms with Crippen molar-refractivity contribution in [3.63, 3.8) is 0 Å². The normalized spacial score (nSPS) is 14.1. The number of benzene rings is 2. The molecule has 7 nitrogen and oxygen atoms in total. The highest BCUT2D eigenvalue weighted by molar-refractivity contribution is 6.43. The van der Waals surface area contributed by atoms with Crippen LogP contribution in [0.15, 0.2) is 48.5 Å². The molecule has 9 heteroatoms. The summed E-state index contributed by atoms with van der Waals surface area (Å²) in [6, 6.07) is 15.3. The molecule has 0 amide bonds. The van der Waals surface area contributed by atoms with E-state index in [4.69, 9.17) is 37.4 Å². The Kier molecular flexibility index (Phi) is 10.1. The van der Waals surface area contributed by atoms with Gasteiger partial charge in [-0.05, 0) is 56.1 Å². The number of fused-ring (bicyclic) bond motifs is 1. The van der Waals surface area contributed by atoms with Crippen molar-refractivity contribution in [2.75, 3.05) is 51.0 Å². The van der Waals surface area contributed by atoms with E-state index in [0.717, 1.165) is 74.3 Å². The van der Waals surface area contributed by atoms with E-state index in [2.05, 4.69) is 14.8 Å². The fourth-order valence-corrected chi connectivity index (χ4v) is 4.67. The fourth-order valence-electron chi connectivity index (χ4n) is 4.26. The molecule has 0 bridgehead atoms. The van der Waals surface area contributed by atoms with Crippen molar-refractivity contribution >= 4 is 45.8 Å². The zero-order valence-corrected chi connectivity index (χ0v) is 22.6. The van der Waals surface area contributed by atoms with Crippen molar-refractivity contribution in [1.29, 1.82) is 0 Å². The fraction of sp³-hybridized carbons (Fsp3) is 0.429. The number of piperazine rings is 1. The number of pyridine rings is 1. The quantitative estimate of drug-likeness (QED) is 0.152. The van der Waals surface area contributed by atoms with E-state index in [0.29, 0.717) is 29.0 Å². The van der Waals surface area contributed by atoms with Crippen LogP contribution in [0.1, 0.15) is 32.6 Å². The van der Waals surface area contributed by atoms with Crippen molar-refractivity contribution in [1.82, 2.24) is 9.88 Å². The second kappa shape index (κ2) is 13.7. The number of unbranched alkanes of at least 4 members (excludes halogenated alkanes) is 1. The van der Waals surface area contributed by atoms with Crippen LogP contribution in [0, 0.1) is 0 Å². The van der Waals surface area contributed by atoms with Gasteiger partial charge in [-0.2, -0.15) is 0 Å². The molecule has 3 aromatic rings. The molecule has 198 valence electrons. The molecule has 0 spiro atoms. The number of hydrogen-bond acceptors (Lipinski definition) is 7. The van der Waals surface area contributed by atoms with E-state index < -0.39 is 0 Å². The zero-order chi connectivity index (χ0) is 26.0. The first-order chi connectivity index (χ1) is 18.0. The Morgan fingerprint density at radius 3 is 2.62 bits per heavy atom.